The summed E-state index contributed by atoms with van der Waals surface area (Å²) in [5, 5.41) is 15.9. The first-order valence-corrected chi connectivity index (χ1v) is 7.27. The van der Waals surface area contributed by atoms with Gasteiger partial charge in [-0.05, 0) is 34.7 Å². The number of amides is 2. The highest BCUT2D eigenvalue weighted by atomic mass is 32.1. The molecule has 2 amide bonds. The first kappa shape index (κ1) is 13.9. The van der Waals surface area contributed by atoms with Crippen LogP contribution >= 0.6 is 11.3 Å². The number of rotatable bonds is 3. The van der Waals surface area contributed by atoms with Crippen molar-refractivity contribution in [1.82, 2.24) is 10.2 Å². The molecule has 0 radical (unpaired) electrons. The number of carboxylic acid groups (broad SMARTS) is 1. The first-order chi connectivity index (χ1) is 9.06. The van der Waals surface area contributed by atoms with Gasteiger partial charge in [0.1, 0.15) is 0 Å². The fraction of sp³-hybridized carbons (Fsp3) is 0.538. The monoisotopic (exact) mass is 282 g/mol. The minimum Gasteiger partial charge on any atom is -0.481 e. The predicted molar refractivity (Wildman–Crippen MR) is 73.0 cm³/mol. The van der Waals surface area contributed by atoms with Gasteiger partial charge in [0.05, 0.1) is 5.92 Å². The largest absolute Gasteiger partial charge is 0.481 e. The predicted octanol–water partition coefficient (Wildman–Crippen LogP) is 2.00. The molecule has 0 saturated carbocycles. The molecule has 1 aromatic heterocycles. The molecule has 1 saturated heterocycles. The Kier molecular flexibility index (Phi) is 4.42. The lowest BCUT2D eigenvalue weighted by Crippen LogP contribution is -2.49. The van der Waals surface area contributed by atoms with Crippen LogP contribution in [-0.4, -0.2) is 35.1 Å². The molecule has 5 nitrogen and oxygen atoms in total. The molecule has 6 heteroatoms. The van der Waals surface area contributed by atoms with Crippen molar-refractivity contribution in [2.45, 2.75) is 19.9 Å². The third kappa shape index (κ3) is 3.70. The Balaban J connectivity index is 1.89. The molecule has 1 aliphatic rings. The maximum absolute atomic E-state index is 12.0. The summed E-state index contributed by atoms with van der Waals surface area (Å²) in [4.78, 5) is 24.7. The fourth-order valence-electron chi connectivity index (χ4n) is 2.38. The number of thiophene rings is 1. The van der Waals surface area contributed by atoms with E-state index in [0.29, 0.717) is 26.1 Å². The Hall–Kier alpha value is -1.56. The van der Waals surface area contributed by atoms with Gasteiger partial charge in [-0.15, -0.1) is 0 Å². The van der Waals surface area contributed by atoms with Crippen LogP contribution in [0.5, 0.6) is 0 Å². The summed E-state index contributed by atoms with van der Waals surface area (Å²) in [5.74, 6) is -1.04. The molecule has 1 fully saturated rings. The van der Waals surface area contributed by atoms with Crippen LogP contribution in [0.3, 0.4) is 0 Å². The number of nitrogens with one attached hydrogen (secondary N) is 1. The number of hydrogen-bond donors (Lipinski definition) is 2. The van der Waals surface area contributed by atoms with Gasteiger partial charge in [0.2, 0.25) is 0 Å². The molecule has 2 N–H and O–H groups in total. The molecule has 1 aromatic rings. The second kappa shape index (κ2) is 6.06. The summed E-state index contributed by atoms with van der Waals surface area (Å²) in [6.45, 7) is 3.40. The van der Waals surface area contributed by atoms with E-state index in [-0.39, 0.29) is 11.9 Å². The topological polar surface area (TPSA) is 69.6 Å². The fourth-order valence-corrected chi connectivity index (χ4v) is 3.05. The summed E-state index contributed by atoms with van der Waals surface area (Å²) in [6, 6.07) is 1.79. The van der Waals surface area contributed by atoms with Gasteiger partial charge in [-0.25, -0.2) is 4.79 Å². The number of carboxylic acids is 1. The van der Waals surface area contributed by atoms with E-state index in [4.69, 9.17) is 5.11 Å². The molecule has 1 aliphatic heterocycles. The van der Waals surface area contributed by atoms with E-state index < -0.39 is 11.9 Å². The Bertz CT molecular complexity index is 447. The first-order valence-electron chi connectivity index (χ1n) is 6.33. The summed E-state index contributed by atoms with van der Waals surface area (Å²) >= 11 is 1.59. The van der Waals surface area contributed by atoms with Gasteiger partial charge in [-0.2, -0.15) is 11.3 Å². The lowest BCUT2D eigenvalue weighted by atomic mass is 9.91. The van der Waals surface area contributed by atoms with E-state index >= 15 is 0 Å². The normalized spacial score (nSPS) is 23.1. The zero-order chi connectivity index (χ0) is 13.8. The number of hydrogen-bond acceptors (Lipinski definition) is 3. The highest BCUT2D eigenvalue weighted by Gasteiger charge is 2.31. The molecule has 0 bridgehead atoms. The third-order valence-corrected chi connectivity index (χ3v) is 4.05. The third-order valence-electron chi connectivity index (χ3n) is 3.32. The average molecular weight is 282 g/mol. The van der Waals surface area contributed by atoms with Crippen molar-refractivity contribution in [3.63, 3.8) is 0 Å². The number of carbonyl (C=O) groups is 2. The quantitative estimate of drug-likeness (QED) is 0.891. The van der Waals surface area contributed by atoms with E-state index in [2.05, 4.69) is 5.32 Å². The van der Waals surface area contributed by atoms with Gasteiger partial charge in [0.15, 0.2) is 0 Å². The molecular weight excluding hydrogens is 264 g/mol. The highest BCUT2D eigenvalue weighted by molar-refractivity contribution is 7.07. The van der Waals surface area contributed by atoms with Crippen LogP contribution in [0.25, 0.3) is 0 Å². The van der Waals surface area contributed by atoms with Crippen molar-refractivity contribution in [3.8, 4) is 0 Å². The Morgan fingerprint density at radius 1 is 1.53 bits per heavy atom. The van der Waals surface area contributed by atoms with Crippen molar-refractivity contribution < 1.29 is 14.7 Å². The standard InChI is InChI=1S/C13H18N2O3S/c1-9-4-11(12(16)17)7-15(6-9)13(18)14-5-10-2-3-19-8-10/h2-3,8-9,11H,4-7H2,1H3,(H,14,18)(H,16,17). The molecule has 19 heavy (non-hydrogen) atoms. The van der Waals surface area contributed by atoms with E-state index in [1.165, 1.54) is 0 Å². The lowest BCUT2D eigenvalue weighted by Gasteiger charge is -2.34. The SMILES string of the molecule is CC1CC(C(=O)O)CN(C(=O)NCc2ccsc2)C1. The van der Waals surface area contributed by atoms with E-state index in [1.54, 1.807) is 16.2 Å². The van der Waals surface area contributed by atoms with Crippen LogP contribution in [-0.2, 0) is 11.3 Å². The molecule has 0 aromatic carbocycles. The van der Waals surface area contributed by atoms with Crippen molar-refractivity contribution in [3.05, 3.63) is 22.4 Å². The van der Waals surface area contributed by atoms with Gasteiger partial charge >= 0.3 is 12.0 Å². The zero-order valence-electron chi connectivity index (χ0n) is 10.8. The number of nitrogens with zero attached hydrogens (tertiary/aromatic N) is 1. The van der Waals surface area contributed by atoms with Crippen molar-refractivity contribution in [2.24, 2.45) is 11.8 Å². The van der Waals surface area contributed by atoms with Gasteiger partial charge in [-0.1, -0.05) is 6.92 Å². The minimum absolute atomic E-state index is 0.177. The molecule has 2 unspecified atom stereocenters. The number of urea groups is 1. The Morgan fingerprint density at radius 3 is 2.95 bits per heavy atom. The second-order valence-electron chi connectivity index (χ2n) is 5.07. The number of likely N-dealkylation sites (tertiary alicyclic amines) is 1. The van der Waals surface area contributed by atoms with E-state index in [1.807, 2.05) is 23.8 Å². The Labute approximate surface area is 116 Å². The van der Waals surface area contributed by atoms with Crippen LogP contribution in [0.1, 0.15) is 18.9 Å². The summed E-state index contributed by atoms with van der Waals surface area (Å²) < 4.78 is 0. The van der Waals surface area contributed by atoms with Gasteiger partial charge in [-0.3, -0.25) is 4.79 Å². The smallest absolute Gasteiger partial charge is 0.317 e. The van der Waals surface area contributed by atoms with Gasteiger partial charge in [0, 0.05) is 19.6 Å². The molecule has 2 heterocycles. The molecule has 2 rings (SSSR count). The molecular formula is C13H18N2O3S. The number of aliphatic carboxylic acids is 1. The maximum atomic E-state index is 12.0. The minimum atomic E-state index is -0.817. The van der Waals surface area contributed by atoms with Crippen LogP contribution in [0.4, 0.5) is 4.79 Å². The van der Waals surface area contributed by atoms with E-state index in [0.717, 1.165) is 5.56 Å². The average Bonchev–Trinajstić information content (AvgIpc) is 2.88. The lowest BCUT2D eigenvalue weighted by molar-refractivity contribution is -0.143. The van der Waals surface area contributed by atoms with Crippen LogP contribution in [0.15, 0.2) is 16.8 Å². The van der Waals surface area contributed by atoms with Gasteiger partial charge in [0.25, 0.3) is 0 Å². The van der Waals surface area contributed by atoms with Crippen LogP contribution in [0, 0.1) is 11.8 Å². The molecule has 0 spiro atoms. The highest BCUT2D eigenvalue weighted by Crippen LogP contribution is 2.21. The van der Waals surface area contributed by atoms with Crippen LogP contribution in [0.2, 0.25) is 0 Å². The summed E-state index contributed by atoms with van der Waals surface area (Å²) in [6.07, 6.45) is 0.643. The zero-order valence-corrected chi connectivity index (χ0v) is 11.7. The Morgan fingerprint density at radius 2 is 2.32 bits per heavy atom. The van der Waals surface area contributed by atoms with Crippen LogP contribution < -0.4 is 5.32 Å². The summed E-state index contributed by atoms with van der Waals surface area (Å²) in [7, 11) is 0. The second-order valence-corrected chi connectivity index (χ2v) is 5.85. The summed E-state index contributed by atoms with van der Waals surface area (Å²) in [5.41, 5.74) is 1.07. The van der Waals surface area contributed by atoms with Gasteiger partial charge < -0.3 is 15.3 Å². The molecule has 0 aliphatic carbocycles. The molecule has 2 atom stereocenters. The number of piperidine rings is 1. The van der Waals surface area contributed by atoms with Crippen molar-refractivity contribution in [1.29, 1.82) is 0 Å². The molecule has 104 valence electrons. The van der Waals surface area contributed by atoms with E-state index in [9.17, 15) is 9.59 Å². The maximum Gasteiger partial charge on any atom is 0.317 e. The van der Waals surface area contributed by atoms with Crippen molar-refractivity contribution >= 4 is 23.3 Å². The number of carbonyl (C=O) groups excluding carboxylic acids is 1. The van der Waals surface area contributed by atoms with Crippen molar-refractivity contribution in [2.75, 3.05) is 13.1 Å².